The third-order valence-corrected chi connectivity index (χ3v) is 7.76. The average molecular weight is 547 g/mol. The van der Waals surface area contributed by atoms with Crippen LogP contribution < -0.4 is 14.2 Å². The molecule has 0 radical (unpaired) electrons. The summed E-state index contributed by atoms with van der Waals surface area (Å²) in [5.41, 5.74) is 3.83. The van der Waals surface area contributed by atoms with Crippen molar-refractivity contribution < 1.29 is 27.5 Å². The van der Waals surface area contributed by atoms with Crippen LogP contribution in [0.25, 0.3) is 28.2 Å². The maximum Gasteiger partial charge on any atom is 0.264 e. The predicted octanol–water partition coefficient (Wildman–Crippen LogP) is 5.36. The molecule has 0 aliphatic rings. The number of rotatable bonds is 10. The second kappa shape index (κ2) is 11.6. The number of hydrogen-bond acceptors (Lipinski definition) is 6. The number of ketones is 1. The number of aryl methyl sites for hydroxylation is 1. The zero-order valence-corrected chi connectivity index (χ0v) is 23.0. The first-order chi connectivity index (χ1) is 18.7. The molecule has 39 heavy (non-hydrogen) atoms. The van der Waals surface area contributed by atoms with Crippen molar-refractivity contribution in [2.45, 2.75) is 24.7 Å². The lowest BCUT2D eigenvalue weighted by Gasteiger charge is -2.14. The normalized spacial score (nSPS) is 11.6. The van der Waals surface area contributed by atoms with E-state index in [-0.39, 0.29) is 17.1 Å². The lowest BCUT2D eigenvalue weighted by atomic mass is 10.0. The number of carbonyl (C=O) groups excluding carboxylic acids is 2. The number of benzene rings is 3. The van der Waals surface area contributed by atoms with Gasteiger partial charge in [0, 0.05) is 47.1 Å². The van der Waals surface area contributed by atoms with Gasteiger partial charge in [0.05, 0.1) is 24.8 Å². The van der Waals surface area contributed by atoms with Crippen LogP contribution in [0.1, 0.15) is 35.7 Å². The molecule has 1 heterocycles. The number of aromatic nitrogens is 1. The minimum absolute atomic E-state index is 0.0936. The first-order valence-electron chi connectivity index (χ1n) is 12.4. The molecule has 4 rings (SSSR count). The highest BCUT2D eigenvalue weighted by molar-refractivity contribution is 7.90. The molecule has 3 aromatic carbocycles. The van der Waals surface area contributed by atoms with E-state index in [9.17, 15) is 18.0 Å². The van der Waals surface area contributed by atoms with Crippen LogP contribution in [0.2, 0.25) is 0 Å². The van der Waals surface area contributed by atoms with Gasteiger partial charge in [-0.1, -0.05) is 25.1 Å². The number of hydrogen-bond donors (Lipinski definition) is 1. The molecule has 0 unspecified atom stereocenters. The van der Waals surface area contributed by atoms with Gasteiger partial charge >= 0.3 is 0 Å². The molecule has 1 aromatic heterocycles. The van der Waals surface area contributed by atoms with E-state index in [0.717, 1.165) is 22.2 Å². The van der Waals surface area contributed by atoms with Crippen molar-refractivity contribution in [1.29, 1.82) is 0 Å². The number of amides is 1. The zero-order chi connectivity index (χ0) is 28.2. The SMILES string of the molecule is CCCC(=O)NS(=O)(=O)c1ccc(C(=O)/C=C/c2cc(-c3cc4ccccc4n3C)c(OC)cc2OC)cc1. The summed E-state index contributed by atoms with van der Waals surface area (Å²) in [5, 5.41) is 1.09. The molecule has 1 amide bonds. The summed E-state index contributed by atoms with van der Waals surface area (Å²) >= 11 is 0. The Labute approximate surface area is 227 Å². The number of allylic oxidation sites excluding steroid dienone is 1. The summed E-state index contributed by atoms with van der Waals surface area (Å²) in [4.78, 5) is 24.5. The third kappa shape index (κ3) is 5.88. The molecule has 4 aromatic rings. The van der Waals surface area contributed by atoms with E-state index in [1.165, 1.54) is 30.3 Å². The summed E-state index contributed by atoms with van der Waals surface area (Å²) in [6, 6.07) is 19.3. The minimum atomic E-state index is -4.00. The van der Waals surface area contributed by atoms with Gasteiger partial charge in [0.15, 0.2) is 5.78 Å². The molecule has 9 heteroatoms. The van der Waals surface area contributed by atoms with Crippen molar-refractivity contribution in [1.82, 2.24) is 9.29 Å². The maximum absolute atomic E-state index is 12.9. The van der Waals surface area contributed by atoms with Crippen molar-refractivity contribution in [2.24, 2.45) is 7.05 Å². The molecule has 0 aliphatic carbocycles. The van der Waals surface area contributed by atoms with Gasteiger partial charge in [0.1, 0.15) is 11.5 Å². The Morgan fingerprint density at radius 3 is 2.28 bits per heavy atom. The number of nitrogens with one attached hydrogen (secondary N) is 1. The lowest BCUT2D eigenvalue weighted by molar-refractivity contribution is -0.119. The van der Waals surface area contributed by atoms with Crippen LogP contribution in [0, 0.1) is 0 Å². The number of para-hydroxylation sites is 1. The Balaban J connectivity index is 1.63. The molecule has 0 saturated heterocycles. The topological polar surface area (TPSA) is 104 Å². The standard InChI is InChI=1S/C30H30N2O6S/c1-5-8-30(34)31-39(35,36)23-14-11-20(12-15-23)27(33)16-13-22-17-24(29(38-4)19-28(22)37-3)26-18-21-9-6-7-10-25(21)32(26)2/h6-7,9-19H,5,8H2,1-4H3,(H,31,34)/b16-13+. The lowest BCUT2D eigenvalue weighted by Crippen LogP contribution is -2.30. The van der Waals surface area contributed by atoms with Crippen LogP contribution in [0.3, 0.4) is 0 Å². The molecule has 1 N–H and O–H groups in total. The highest BCUT2D eigenvalue weighted by Gasteiger charge is 2.18. The van der Waals surface area contributed by atoms with E-state index in [1.807, 2.05) is 42.1 Å². The van der Waals surface area contributed by atoms with Crippen molar-refractivity contribution in [3.8, 4) is 22.8 Å². The quantitative estimate of drug-likeness (QED) is 0.212. The molecule has 8 nitrogen and oxygen atoms in total. The van der Waals surface area contributed by atoms with Gasteiger partial charge in [-0.05, 0) is 61.0 Å². The van der Waals surface area contributed by atoms with Gasteiger partial charge in [0.25, 0.3) is 10.0 Å². The fourth-order valence-electron chi connectivity index (χ4n) is 4.35. The minimum Gasteiger partial charge on any atom is -0.496 e. The highest BCUT2D eigenvalue weighted by atomic mass is 32.2. The van der Waals surface area contributed by atoms with Crippen molar-refractivity contribution in [3.05, 3.63) is 83.9 Å². The molecular weight excluding hydrogens is 516 g/mol. The van der Waals surface area contributed by atoms with Crippen LogP contribution in [0.15, 0.2) is 77.7 Å². The number of fused-ring (bicyclic) bond motifs is 1. The van der Waals surface area contributed by atoms with Crippen LogP contribution in [-0.2, 0) is 21.9 Å². The predicted molar refractivity (Wildman–Crippen MR) is 152 cm³/mol. The largest absolute Gasteiger partial charge is 0.496 e. The second-order valence-electron chi connectivity index (χ2n) is 8.94. The van der Waals surface area contributed by atoms with E-state index < -0.39 is 15.9 Å². The number of sulfonamides is 1. The maximum atomic E-state index is 12.9. The molecular formula is C30H30N2O6S. The molecule has 0 fully saturated rings. The van der Waals surface area contributed by atoms with E-state index >= 15 is 0 Å². The van der Waals surface area contributed by atoms with Crippen molar-refractivity contribution in [3.63, 3.8) is 0 Å². The monoisotopic (exact) mass is 546 g/mol. The Morgan fingerprint density at radius 2 is 1.64 bits per heavy atom. The first kappa shape index (κ1) is 27.7. The van der Waals surface area contributed by atoms with Crippen molar-refractivity contribution >= 4 is 38.7 Å². The van der Waals surface area contributed by atoms with Crippen LogP contribution in [-0.4, -0.2) is 38.9 Å². The van der Waals surface area contributed by atoms with Gasteiger partial charge < -0.3 is 14.0 Å². The fourth-order valence-corrected chi connectivity index (χ4v) is 5.36. The molecule has 0 atom stereocenters. The summed E-state index contributed by atoms with van der Waals surface area (Å²) in [6.07, 6.45) is 3.70. The summed E-state index contributed by atoms with van der Waals surface area (Å²) in [6.45, 7) is 1.78. The van der Waals surface area contributed by atoms with E-state index in [2.05, 4.69) is 10.6 Å². The van der Waals surface area contributed by atoms with Gasteiger partial charge in [-0.2, -0.15) is 0 Å². The zero-order valence-electron chi connectivity index (χ0n) is 22.2. The van der Waals surface area contributed by atoms with E-state index in [0.29, 0.717) is 29.0 Å². The highest BCUT2D eigenvalue weighted by Crippen LogP contribution is 2.38. The van der Waals surface area contributed by atoms with Crippen LogP contribution >= 0.6 is 0 Å². The number of nitrogens with zero attached hydrogens (tertiary/aromatic N) is 1. The number of methoxy groups -OCH3 is 2. The Hall–Kier alpha value is -4.37. The molecule has 0 spiro atoms. The van der Waals surface area contributed by atoms with Crippen LogP contribution in [0.4, 0.5) is 0 Å². The molecule has 0 bridgehead atoms. The smallest absolute Gasteiger partial charge is 0.264 e. The van der Waals surface area contributed by atoms with Gasteiger partial charge in [-0.15, -0.1) is 0 Å². The van der Waals surface area contributed by atoms with Gasteiger partial charge in [0.2, 0.25) is 5.91 Å². The Morgan fingerprint density at radius 1 is 0.949 bits per heavy atom. The molecule has 202 valence electrons. The number of carbonyl (C=O) groups is 2. The van der Waals surface area contributed by atoms with Crippen LogP contribution in [0.5, 0.6) is 11.5 Å². The van der Waals surface area contributed by atoms with Gasteiger partial charge in [-0.3, -0.25) is 9.59 Å². The Bertz CT molecular complexity index is 1670. The average Bonchev–Trinajstić information content (AvgIpc) is 3.27. The molecule has 0 saturated carbocycles. The summed E-state index contributed by atoms with van der Waals surface area (Å²) in [5.74, 6) is 0.265. The summed E-state index contributed by atoms with van der Waals surface area (Å²) < 4.78 is 40.1. The first-order valence-corrected chi connectivity index (χ1v) is 13.9. The second-order valence-corrected chi connectivity index (χ2v) is 10.6. The summed E-state index contributed by atoms with van der Waals surface area (Å²) in [7, 11) is 1.13. The Kier molecular flexibility index (Phi) is 8.21. The van der Waals surface area contributed by atoms with Gasteiger partial charge in [-0.25, -0.2) is 13.1 Å². The third-order valence-electron chi connectivity index (χ3n) is 6.37. The number of ether oxygens (including phenoxy) is 2. The van der Waals surface area contributed by atoms with Crippen molar-refractivity contribution in [2.75, 3.05) is 14.2 Å². The molecule has 0 aliphatic heterocycles. The fraction of sp³-hybridized carbons (Fsp3) is 0.200. The van der Waals surface area contributed by atoms with E-state index in [4.69, 9.17) is 9.47 Å². The van der Waals surface area contributed by atoms with E-state index in [1.54, 1.807) is 33.3 Å².